The summed E-state index contributed by atoms with van der Waals surface area (Å²) in [6, 6.07) is 17.0. The first kappa shape index (κ1) is 21.2. The molecule has 170 valence electrons. The molecule has 0 aliphatic carbocycles. The molecule has 2 aromatic carbocycles. The maximum Gasteiger partial charge on any atom is 0.323 e. The lowest BCUT2D eigenvalue weighted by molar-refractivity contribution is 0.122. The van der Waals surface area contributed by atoms with Crippen LogP contribution < -0.4 is 15.1 Å². The van der Waals surface area contributed by atoms with Crippen molar-refractivity contribution in [3.63, 3.8) is 0 Å². The number of ether oxygens (including phenoxy) is 1. The van der Waals surface area contributed by atoms with Crippen LogP contribution in [-0.2, 0) is 17.6 Å². The second kappa shape index (κ2) is 9.46. The first-order valence-electron chi connectivity index (χ1n) is 11.3. The van der Waals surface area contributed by atoms with Gasteiger partial charge in [-0.15, -0.1) is 0 Å². The van der Waals surface area contributed by atoms with Gasteiger partial charge in [0, 0.05) is 37.3 Å². The quantitative estimate of drug-likeness (QED) is 0.628. The molecule has 8 heteroatoms. The van der Waals surface area contributed by atoms with Gasteiger partial charge >= 0.3 is 6.03 Å². The second-order valence-corrected chi connectivity index (χ2v) is 8.19. The Bertz CT molecular complexity index is 1130. The standard InChI is InChI=1S/C25H27N5O3/c31-20-8-4-7-19(17-20)22-21-10-12-30(25(32)26-11-9-18-5-2-1-3-6-18)23(21)28-24(27-22)29-13-15-33-16-14-29/h1-8,17,31H,9-16H2,(H,26,32). The van der Waals surface area contributed by atoms with Crippen LogP contribution in [0.2, 0.25) is 0 Å². The van der Waals surface area contributed by atoms with E-state index in [9.17, 15) is 9.90 Å². The Morgan fingerprint density at radius 3 is 2.64 bits per heavy atom. The van der Waals surface area contributed by atoms with Crippen molar-refractivity contribution in [2.45, 2.75) is 12.8 Å². The number of hydrogen-bond donors (Lipinski definition) is 2. The molecule has 2 N–H and O–H groups in total. The Morgan fingerprint density at radius 1 is 1.03 bits per heavy atom. The maximum absolute atomic E-state index is 13.1. The highest BCUT2D eigenvalue weighted by atomic mass is 16.5. The SMILES string of the molecule is O=C(NCCc1ccccc1)N1CCc2c(-c3cccc(O)c3)nc(N3CCOCC3)nc21. The van der Waals surface area contributed by atoms with E-state index < -0.39 is 0 Å². The molecule has 0 saturated carbocycles. The maximum atomic E-state index is 13.1. The summed E-state index contributed by atoms with van der Waals surface area (Å²) in [5, 5.41) is 13.1. The first-order valence-corrected chi connectivity index (χ1v) is 11.3. The van der Waals surface area contributed by atoms with E-state index in [2.05, 4.69) is 22.3 Å². The van der Waals surface area contributed by atoms with Gasteiger partial charge in [-0.1, -0.05) is 42.5 Å². The van der Waals surface area contributed by atoms with Crippen molar-refractivity contribution in [2.24, 2.45) is 0 Å². The van der Waals surface area contributed by atoms with Gasteiger partial charge in [0.15, 0.2) is 0 Å². The number of carbonyl (C=O) groups excluding carboxylic acids is 1. The van der Waals surface area contributed by atoms with Crippen LogP contribution in [0, 0.1) is 0 Å². The van der Waals surface area contributed by atoms with Crippen LogP contribution in [0.25, 0.3) is 11.3 Å². The number of amides is 2. The first-order chi connectivity index (χ1) is 16.2. The minimum Gasteiger partial charge on any atom is -0.508 e. The second-order valence-electron chi connectivity index (χ2n) is 8.19. The van der Waals surface area contributed by atoms with Gasteiger partial charge in [-0.2, -0.15) is 4.98 Å². The van der Waals surface area contributed by atoms with Crippen LogP contribution in [0.1, 0.15) is 11.1 Å². The van der Waals surface area contributed by atoms with Gasteiger partial charge < -0.3 is 20.1 Å². The van der Waals surface area contributed by atoms with Crippen molar-refractivity contribution in [1.82, 2.24) is 15.3 Å². The van der Waals surface area contributed by atoms with Crippen LogP contribution in [0.3, 0.4) is 0 Å². The highest BCUT2D eigenvalue weighted by Gasteiger charge is 2.31. The van der Waals surface area contributed by atoms with Crippen molar-refractivity contribution >= 4 is 17.8 Å². The Kier molecular flexibility index (Phi) is 6.08. The van der Waals surface area contributed by atoms with Gasteiger partial charge in [0.2, 0.25) is 5.95 Å². The number of benzene rings is 2. The average molecular weight is 446 g/mol. The van der Waals surface area contributed by atoms with Crippen molar-refractivity contribution in [3.05, 3.63) is 65.7 Å². The van der Waals surface area contributed by atoms with Crippen molar-refractivity contribution in [3.8, 4) is 17.0 Å². The Morgan fingerprint density at radius 2 is 1.85 bits per heavy atom. The molecule has 3 heterocycles. The molecular formula is C25H27N5O3. The zero-order valence-corrected chi connectivity index (χ0v) is 18.4. The number of rotatable bonds is 5. The van der Waals surface area contributed by atoms with Crippen LogP contribution >= 0.6 is 0 Å². The Hall–Kier alpha value is -3.65. The van der Waals surface area contributed by atoms with Crippen molar-refractivity contribution in [1.29, 1.82) is 0 Å². The molecule has 1 fully saturated rings. The molecule has 3 aromatic rings. The van der Waals surface area contributed by atoms with E-state index >= 15 is 0 Å². The van der Waals surface area contributed by atoms with E-state index in [0.29, 0.717) is 57.6 Å². The van der Waals surface area contributed by atoms with Gasteiger partial charge in [-0.05, 0) is 30.5 Å². The summed E-state index contributed by atoms with van der Waals surface area (Å²) >= 11 is 0. The number of fused-ring (bicyclic) bond motifs is 1. The molecule has 1 aromatic heterocycles. The zero-order valence-electron chi connectivity index (χ0n) is 18.4. The smallest absolute Gasteiger partial charge is 0.323 e. The number of anilines is 2. The molecule has 0 radical (unpaired) electrons. The number of phenols is 1. The molecule has 8 nitrogen and oxygen atoms in total. The number of morpholine rings is 1. The number of phenolic OH excluding ortho intramolecular Hbond substituents is 1. The van der Waals surface area contributed by atoms with Crippen LogP contribution in [0.5, 0.6) is 5.75 Å². The van der Waals surface area contributed by atoms with Gasteiger partial charge in [0.05, 0.1) is 18.9 Å². The largest absolute Gasteiger partial charge is 0.508 e. The lowest BCUT2D eigenvalue weighted by atomic mass is 10.1. The predicted octanol–water partition coefficient (Wildman–Crippen LogP) is 3.00. The fourth-order valence-electron chi connectivity index (χ4n) is 4.29. The fourth-order valence-corrected chi connectivity index (χ4v) is 4.29. The molecule has 0 bridgehead atoms. The molecule has 2 aliphatic heterocycles. The van der Waals surface area contributed by atoms with Gasteiger partial charge in [0.1, 0.15) is 11.6 Å². The Labute approximate surface area is 192 Å². The summed E-state index contributed by atoms with van der Waals surface area (Å²) in [6.45, 7) is 3.72. The minimum atomic E-state index is -0.154. The molecule has 0 atom stereocenters. The van der Waals surface area contributed by atoms with E-state index in [1.807, 2.05) is 24.3 Å². The summed E-state index contributed by atoms with van der Waals surface area (Å²) < 4.78 is 5.48. The zero-order chi connectivity index (χ0) is 22.6. The van der Waals surface area contributed by atoms with E-state index in [-0.39, 0.29) is 11.8 Å². The molecule has 5 rings (SSSR count). The molecule has 33 heavy (non-hydrogen) atoms. The van der Waals surface area contributed by atoms with E-state index in [0.717, 1.165) is 23.2 Å². The highest BCUT2D eigenvalue weighted by Crippen LogP contribution is 2.36. The minimum absolute atomic E-state index is 0.154. The summed E-state index contributed by atoms with van der Waals surface area (Å²) in [5.74, 6) is 1.41. The predicted molar refractivity (Wildman–Crippen MR) is 127 cm³/mol. The van der Waals surface area contributed by atoms with Crippen molar-refractivity contribution < 1.29 is 14.6 Å². The van der Waals surface area contributed by atoms with E-state index in [4.69, 9.17) is 14.7 Å². The molecule has 2 amide bonds. The highest BCUT2D eigenvalue weighted by molar-refractivity contribution is 5.94. The van der Waals surface area contributed by atoms with E-state index in [1.54, 1.807) is 23.1 Å². The summed E-state index contributed by atoms with van der Waals surface area (Å²) in [6.07, 6.45) is 1.43. The normalized spacial score (nSPS) is 15.4. The third-order valence-corrected chi connectivity index (χ3v) is 6.01. The number of urea groups is 1. The number of nitrogens with one attached hydrogen (secondary N) is 1. The average Bonchev–Trinajstić information content (AvgIpc) is 3.29. The lowest BCUT2D eigenvalue weighted by Gasteiger charge is -2.28. The summed E-state index contributed by atoms with van der Waals surface area (Å²) in [7, 11) is 0. The number of nitrogens with zero attached hydrogens (tertiary/aromatic N) is 4. The number of aromatic nitrogens is 2. The topological polar surface area (TPSA) is 90.8 Å². The lowest BCUT2D eigenvalue weighted by Crippen LogP contribution is -2.41. The molecule has 0 spiro atoms. The number of carbonyl (C=O) groups is 1. The number of hydrogen-bond acceptors (Lipinski definition) is 6. The molecule has 2 aliphatic rings. The van der Waals surface area contributed by atoms with Crippen LogP contribution in [0.15, 0.2) is 54.6 Å². The summed E-state index contributed by atoms with van der Waals surface area (Å²) in [4.78, 5) is 26.5. The van der Waals surface area contributed by atoms with Crippen LogP contribution in [0.4, 0.5) is 16.6 Å². The third kappa shape index (κ3) is 4.61. The molecule has 1 saturated heterocycles. The molecular weight excluding hydrogens is 418 g/mol. The van der Waals surface area contributed by atoms with Crippen LogP contribution in [-0.4, -0.2) is 60.5 Å². The molecule has 0 unspecified atom stereocenters. The van der Waals surface area contributed by atoms with E-state index in [1.165, 1.54) is 5.56 Å². The summed E-state index contributed by atoms with van der Waals surface area (Å²) in [5.41, 5.74) is 3.69. The van der Waals surface area contributed by atoms with Gasteiger partial charge in [-0.3, -0.25) is 4.90 Å². The Balaban J connectivity index is 1.43. The van der Waals surface area contributed by atoms with Crippen molar-refractivity contribution in [2.75, 3.05) is 49.2 Å². The fraction of sp³-hybridized carbons (Fsp3) is 0.320. The van der Waals surface area contributed by atoms with Gasteiger partial charge in [0.25, 0.3) is 0 Å². The van der Waals surface area contributed by atoms with Gasteiger partial charge in [-0.25, -0.2) is 9.78 Å². The third-order valence-electron chi connectivity index (χ3n) is 6.01. The monoisotopic (exact) mass is 445 g/mol. The number of aromatic hydroxyl groups is 1.